The van der Waals surface area contributed by atoms with Crippen molar-refractivity contribution in [2.45, 2.75) is 24.9 Å². The Bertz CT molecular complexity index is 608. The number of oxime groups is 1. The Kier molecular flexibility index (Phi) is 3.91. The predicted octanol–water partition coefficient (Wildman–Crippen LogP) is 0.495. The summed E-state index contributed by atoms with van der Waals surface area (Å²) >= 11 is 1.25. The first-order chi connectivity index (χ1) is 9.08. The van der Waals surface area contributed by atoms with Crippen LogP contribution >= 0.6 is 11.8 Å². The van der Waals surface area contributed by atoms with E-state index in [2.05, 4.69) is 9.99 Å². The molecule has 0 fully saturated rings. The van der Waals surface area contributed by atoms with Crippen molar-refractivity contribution < 1.29 is 19.8 Å². The van der Waals surface area contributed by atoms with Gasteiger partial charge in [0.05, 0.1) is 5.03 Å². The molecule has 0 amide bonds. The molecular formula is C11H12N2O5S. The summed E-state index contributed by atoms with van der Waals surface area (Å²) in [6.45, 7) is 1.86. The van der Waals surface area contributed by atoms with Crippen molar-refractivity contribution in [1.29, 1.82) is 0 Å². The predicted molar refractivity (Wildman–Crippen MR) is 68.5 cm³/mol. The van der Waals surface area contributed by atoms with Gasteiger partial charge in [-0.3, -0.25) is 4.79 Å². The number of aromatic nitrogens is 1. The zero-order valence-electron chi connectivity index (χ0n) is 10.1. The first-order valence-electron chi connectivity index (χ1n) is 5.55. The van der Waals surface area contributed by atoms with Crippen molar-refractivity contribution in [3.63, 3.8) is 0 Å². The number of thioether (sulfide) groups is 1. The lowest BCUT2D eigenvalue weighted by Gasteiger charge is -2.09. The van der Waals surface area contributed by atoms with E-state index in [1.807, 2.05) is 6.92 Å². The number of aryl methyl sites for hydroxylation is 1. The Balaban J connectivity index is 2.51. The van der Waals surface area contributed by atoms with E-state index in [0.29, 0.717) is 22.2 Å². The summed E-state index contributed by atoms with van der Waals surface area (Å²) in [7, 11) is 0. The molecular weight excluding hydrogens is 272 g/mol. The highest BCUT2D eigenvalue weighted by Crippen LogP contribution is 2.32. The number of aromatic carboxylic acids is 1. The molecule has 2 heterocycles. The number of hydrogen-bond acceptors (Lipinski definition) is 6. The van der Waals surface area contributed by atoms with Crippen LogP contribution in [0.1, 0.15) is 22.8 Å². The number of fused-ring (bicyclic) bond motifs is 1. The van der Waals surface area contributed by atoms with Crippen LogP contribution in [-0.4, -0.2) is 32.6 Å². The van der Waals surface area contributed by atoms with Crippen LogP contribution < -0.4 is 5.43 Å². The Labute approximate surface area is 112 Å². The summed E-state index contributed by atoms with van der Waals surface area (Å²) in [6, 6.07) is 0. The minimum atomic E-state index is -1.24. The van der Waals surface area contributed by atoms with Gasteiger partial charge in [0, 0.05) is 24.7 Å². The van der Waals surface area contributed by atoms with Gasteiger partial charge in [-0.15, -0.1) is 0 Å². The molecule has 102 valence electrons. The number of carboxylic acid groups (broad SMARTS) is 1. The summed E-state index contributed by atoms with van der Waals surface area (Å²) in [5.74, 6) is -1.24. The van der Waals surface area contributed by atoms with Crippen LogP contribution in [-0.2, 0) is 17.8 Å². The van der Waals surface area contributed by atoms with Crippen LogP contribution in [0.4, 0.5) is 0 Å². The van der Waals surface area contributed by atoms with Crippen molar-refractivity contribution in [2.24, 2.45) is 5.16 Å². The number of hydrogen-bond donors (Lipinski definition) is 2. The van der Waals surface area contributed by atoms with Crippen molar-refractivity contribution in [3.8, 4) is 0 Å². The van der Waals surface area contributed by atoms with E-state index in [9.17, 15) is 9.59 Å². The highest BCUT2D eigenvalue weighted by Gasteiger charge is 2.27. The molecule has 2 N–H and O–H groups in total. The van der Waals surface area contributed by atoms with Gasteiger partial charge in [0.15, 0.2) is 0 Å². The van der Waals surface area contributed by atoms with E-state index in [-0.39, 0.29) is 12.0 Å². The van der Waals surface area contributed by atoms with Crippen molar-refractivity contribution in [3.05, 3.63) is 27.5 Å². The zero-order valence-corrected chi connectivity index (χ0v) is 10.9. The van der Waals surface area contributed by atoms with E-state index >= 15 is 0 Å². The fourth-order valence-corrected chi connectivity index (χ4v) is 2.94. The molecule has 0 bridgehead atoms. The Morgan fingerprint density at radius 1 is 1.63 bits per heavy atom. The number of carboxylic acids is 1. The van der Waals surface area contributed by atoms with Gasteiger partial charge < -0.3 is 19.6 Å². The lowest BCUT2D eigenvalue weighted by molar-refractivity contribution is 0.00216. The second-order valence-electron chi connectivity index (χ2n) is 3.77. The molecule has 7 nitrogen and oxygen atoms in total. The first-order valence-corrected chi connectivity index (χ1v) is 6.37. The molecule has 1 aromatic heterocycles. The van der Waals surface area contributed by atoms with Crippen molar-refractivity contribution in [2.75, 3.05) is 6.79 Å². The van der Waals surface area contributed by atoms with Gasteiger partial charge in [-0.25, -0.2) is 4.79 Å². The quantitative estimate of drug-likeness (QED) is 0.616. The number of nitrogens with zero attached hydrogens (tertiary/aromatic N) is 2. The van der Waals surface area contributed by atoms with Crippen molar-refractivity contribution in [1.82, 2.24) is 4.57 Å². The number of carbonyl (C=O) groups is 1. The van der Waals surface area contributed by atoms with E-state index in [1.165, 1.54) is 18.0 Å². The molecule has 0 atom stereocenters. The minimum absolute atomic E-state index is 0.222. The summed E-state index contributed by atoms with van der Waals surface area (Å²) in [4.78, 5) is 27.6. The molecule has 19 heavy (non-hydrogen) atoms. The fourth-order valence-electron chi connectivity index (χ4n) is 1.82. The van der Waals surface area contributed by atoms with Gasteiger partial charge in [-0.1, -0.05) is 16.9 Å². The van der Waals surface area contributed by atoms with E-state index in [4.69, 9.17) is 10.2 Å². The summed E-state index contributed by atoms with van der Waals surface area (Å²) in [5, 5.41) is 22.4. The fraction of sp³-hybridized carbons (Fsp3) is 0.364. The molecule has 8 heteroatoms. The average molecular weight is 284 g/mol. The number of rotatable bonds is 4. The highest BCUT2D eigenvalue weighted by molar-refractivity contribution is 8.14. The van der Waals surface area contributed by atoms with Crippen LogP contribution in [0, 0.1) is 0 Å². The van der Waals surface area contributed by atoms with Crippen LogP contribution in [0.3, 0.4) is 0 Å². The zero-order chi connectivity index (χ0) is 14.0. The van der Waals surface area contributed by atoms with Gasteiger partial charge >= 0.3 is 5.97 Å². The summed E-state index contributed by atoms with van der Waals surface area (Å²) in [6.07, 6.45) is 1.56. The Hall–Kier alpha value is -1.80. The van der Waals surface area contributed by atoms with Crippen molar-refractivity contribution >= 4 is 22.8 Å². The average Bonchev–Trinajstić information content (AvgIpc) is 2.81. The maximum atomic E-state index is 12.0. The molecule has 1 aliphatic rings. The number of aliphatic hydroxyl groups excluding tert-OH is 1. The van der Waals surface area contributed by atoms with Gasteiger partial charge in [-0.2, -0.15) is 0 Å². The minimum Gasteiger partial charge on any atom is -0.477 e. The molecule has 0 aromatic carbocycles. The standard InChI is InChI=1S/C11H12N2O5S/c1-2-13-4-7(11(16)17)9(15)6-3-8(12-18-5-14)19-10(6)13/h4,14H,2-3,5H2,1H3,(H,16,17)/b12-8-. The Morgan fingerprint density at radius 2 is 2.37 bits per heavy atom. The monoisotopic (exact) mass is 284 g/mol. The lowest BCUT2D eigenvalue weighted by Crippen LogP contribution is -2.22. The second kappa shape index (κ2) is 5.45. The number of aliphatic hydroxyl groups is 1. The summed E-state index contributed by atoms with van der Waals surface area (Å²) in [5.41, 5.74) is -0.327. The van der Waals surface area contributed by atoms with Gasteiger partial charge in [0.25, 0.3) is 0 Å². The van der Waals surface area contributed by atoms with Gasteiger partial charge in [0.1, 0.15) is 10.6 Å². The van der Waals surface area contributed by atoms with E-state index < -0.39 is 18.2 Å². The lowest BCUT2D eigenvalue weighted by atomic mass is 10.1. The smallest absolute Gasteiger partial charge is 0.341 e. The van der Waals surface area contributed by atoms with E-state index in [1.54, 1.807) is 4.57 Å². The summed E-state index contributed by atoms with van der Waals surface area (Å²) < 4.78 is 1.70. The first kappa shape index (κ1) is 13.6. The van der Waals surface area contributed by atoms with Gasteiger partial charge in [-0.05, 0) is 6.92 Å². The molecule has 1 aliphatic heterocycles. The number of pyridine rings is 1. The molecule has 0 spiro atoms. The molecule has 0 saturated carbocycles. The Morgan fingerprint density at radius 3 is 2.95 bits per heavy atom. The molecule has 2 rings (SSSR count). The maximum Gasteiger partial charge on any atom is 0.341 e. The third-order valence-corrected chi connectivity index (χ3v) is 3.79. The SMILES string of the molecule is CCn1cc(C(=O)O)c(=O)c2c1S/C(=N\OCO)C2. The molecule has 1 aromatic rings. The molecule has 0 saturated heterocycles. The highest BCUT2D eigenvalue weighted by atomic mass is 32.2. The van der Waals surface area contributed by atoms with Gasteiger partial charge in [0.2, 0.25) is 12.2 Å². The van der Waals surface area contributed by atoms with Crippen LogP contribution in [0.25, 0.3) is 0 Å². The largest absolute Gasteiger partial charge is 0.477 e. The molecule has 0 radical (unpaired) electrons. The topological polar surface area (TPSA) is 101 Å². The van der Waals surface area contributed by atoms with Crippen LogP contribution in [0.5, 0.6) is 0 Å². The third kappa shape index (κ3) is 2.49. The molecule has 0 unspecified atom stereocenters. The van der Waals surface area contributed by atoms with Crippen LogP contribution in [0.15, 0.2) is 21.2 Å². The third-order valence-electron chi connectivity index (χ3n) is 2.66. The maximum absolute atomic E-state index is 12.0. The molecule has 0 aliphatic carbocycles. The van der Waals surface area contributed by atoms with Crippen LogP contribution in [0.2, 0.25) is 0 Å². The normalized spacial score (nSPS) is 15.6. The second-order valence-corrected chi connectivity index (χ2v) is 4.83. The van der Waals surface area contributed by atoms with E-state index in [0.717, 1.165) is 0 Å².